The van der Waals surface area contributed by atoms with E-state index in [4.69, 9.17) is 19.9 Å². The van der Waals surface area contributed by atoms with Crippen molar-refractivity contribution in [1.29, 1.82) is 0 Å². The Balaban J connectivity index is 1.10. The van der Waals surface area contributed by atoms with Gasteiger partial charge in [-0.3, -0.25) is 0 Å². The first kappa shape index (κ1) is 24.4. The molecule has 6 nitrogen and oxygen atoms in total. The molecule has 0 aliphatic carbocycles. The molecule has 4 aromatic heterocycles. The molecule has 0 saturated heterocycles. The fourth-order valence-electron chi connectivity index (χ4n) is 5.92. The Labute approximate surface area is 243 Å². The average molecular weight is 545 g/mol. The van der Waals surface area contributed by atoms with Crippen LogP contribution in [-0.4, -0.2) is 29.1 Å². The fourth-order valence-corrected chi connectivity index (χ4v) is 5.92. The molecule has 0 saturated carbocycles. The third-order valence-electron chi connectivity index (χ3n) is 7.98. The molecular formula is C36H28N6. The molecule has 0 fully saturated rings. The van der Waals surface area contributed by atoms with Gasteiger partial charge in [0.2, 0.25) is 0 Å². The number of aromatic nitrogens is 6. The molecule has 0 spiro atoms. The summed E-state index contributed by atoms with van der Waals surface area (Å²) < 4.78 is 4.65. The second kappa shape index (κ2) is 10.2. The third-order valence-corrected chi connectivity index (χ3v) is 7.98. The number of rotatable bonds is 7. The molecule has 0 aliphatic rings. The van der Waals surface area contributed by atoms with Gasteiger partial charge in [0.15, 0.2) is 11.6 Å². The van der Waals surface area contributed by atoms with E-state index in [0.29, 0.717) is 0 Å². The summed E-state index contributed by atoms with van der Waals surface area (Å²) in [5.74, 6) is 1.83. The highest BCUT2D eigenvalue weighted by Gasteiger charge is 2.16. The van der Waals surface area contributed by atoms with Crippen LogP contribution in [0.3, 0.4) is 0 Å². The second-order valence-electron chi connectivity index (χ2n) is 10.6. The Hall–Kier alpha value is -5.36. The summed E-state index contributed by atoms with van der Waals surface area (Å²) in [7, 11) is 0. The van der Waals surface area contributed by atoms with Crippen LogP contribution in [0.2, 0.25) is 0 Å². The van der Waals surface area contributed by atoms with Gasteiger partial charge in [0.1, 0.15) is 11.4 Å². The van der Waals surface area contributed by atoms with Crippen molar-refractivity contribution in [2.75, 3.05) is 0 Å². The molecule has 6 heteroatoms. The van der Waals surface area contributed by atoms with Crippen LogP contribution < -0.4 is 0 Å². The normalized spacial score (nSPS) is 11.7. The maximum atomic E-state index is 5.01. The first-order chi connectivity index (χ1) is 20.8. The quantitative estimate of drug-likeness (QED) is 0.189. The van der Waals surface area contributed by atoms with E-state index in [0.717, 1.165) is 92.8 Å². The molecule has 0 radical (unpaired) electrons. The third kappa shape index (κ3) is 4.29. The smallest absolute Gasteiger partial charge is 0.159 e. The van der Waals surface area contributed by atoms with E-state index in [1.165, 1.54) is 0 Å². The Morgan fingerprint density at radius 1 is 0.381 bits per heavy atom. The average Bonchev–Trinajstić information content (AvgIpc) is 3.61. The molecule has 4 aromatic carbocycles. The standard InChI is InChI=1S/C36H28N6/c1-3-13-27-25(11-1)19-21-31(37-27)35-39-29-15-5-7-17-33(29)41(35)23-9-10-24-42-34-18-8-6-16-30(34)40-36(42)32-22-20-26-12-2-4-14-28(26)38-32/h1-8,11-22H,9-10,23-24H2. The number of aryl methyl sites for hydroxylation is 2. The summed E-state index contributed by atoms with van der Waals surface area (Å²) in [4.78, 5) is 20.0. The lowest BCUT2D eigenvalue weighted by atomic mass is 10.2. The Morgan fingerprint density at radius 3 is 1.26 bits per heavy atom. The lowest BCUT2D eigenvalue weighted by molar-refractivity contribution is 0.570. The highest BCUT2D eigenvalue weighted by atomic mass is 15.1. The maximum absolute atomic E-state index is 5.01. The molecule has 8 rings (SSSR count). The minimum Gasteiger partial charge on any atom is -0.323 e. The summed E-state index contributed by atoms with van der Waals surface area (Å²) in [5.41, 5.74) is 8.02. The van der Waals surface area contributed by atoms with Crippen molar-refractivity contribution >= 4 is 43.9 Å². The summed E-state index contributed by atoms with van der Waals surface area (Å²) in [6.45, 7) is 1.70. The highest BCUT2D eigenvalue weighted by Crippen LogP contribution is 2.28. The predicted octanol–water partition coefficient (Wildman–Crippen LogP) is 8.30. The maximum Gasteiger partial charge on any atom is 0.159 e. The van der Waals surface area contributed by atoms with Gasteiger partial charge >= 0.3 is 0 Å². The molecule has 202 valence electrons. The lowest BCUT2D eigenvalue weighted by Gasteiger charge is -2.12. The van der Waals surface area contributed by atoms with Crippen LogP contribution in [0.5, 0.6) is 0 Å². The van der Waals surface area contributed by atoms with Gasteiger partial charge in [0, 0.05) is 23.9 Å². The summed E-state index contributed by atoms with van der Waals surface area (Å²) in [6, 6.07) is 41.6. The van der Waals surface area contributed by atoms with Gasteiger partial charge in [-0.15, -0.1) is 0 Å². The van der Waals surface area contributed by atoms with Crippen molar-refractivity contribution in [3.63, 3.8) is 0 Å². The van der Waals surface area contributed by atoms with Gasteiger partial charge in [-0.1, -0.05) is 72.8 Å². The van der Waals surface area contributed by atoms with E-state index in [-0.39, 0.29) is 0 Å². The molecule has 0 unspecified atom stereocenters. The Morgan fingerprint density at radius 2 is 0.786 bits per heavy atom. The summed E-state index contributed by atoms with van der Waals surface area (Å²) in [5, 5.41) is 2.27. The van der Waals surface area contributed by atoms with Gasteiger partial charge in [-0.25, -0.2) is 19.9 Å². The molecule has 8 aromatic rings. The largest absolute Gasteiger partial charge is 0.323 e. The van der Waals surface area contributed by atoms with E-state index in [9.17, 15) is 0 Å². The first-order valence-corrected chi connectivity index (χ1v) is 14.4. The van der Waals surface area contributed by atoms with E-state index in [1.54, 1.807) is 0 Å². The van der Waals surface area contributed by atoms with Crippen LogP contribution in [0, 0.1) is 0 Å². The number of hydrogen-bond donors (Lipinski definition) is 0. The molecular weight excluding hydrogens is 516 g/mol. The van der Waals surface area contributed by atoms with E-state index in [2.05, 4.69) is 94.1 Å². The van der Waals surface area contributed by atoms with E-state index < -0.39 is 0 Å². The van der Waals surface area contributed by atoms with Gasteiger partial charge < -0.3 is 9.13 Å². The molecule has 4 heterocycles. The number of fused-ring (bicyclic) bond motifs is 4. The molecule has 0 atom stereocenters. The van der Waals surface area contributed by atoms with Gasteiger partial charge in [-0.2, -0.15) is 0 Å². The zero-order chi connectivity index (χ0) is 27.9. The number of unbranched alkanes of at least 4 members (excludes halogenated alkanes) is 1. The SMILES string of the molecule is c1ccc2nc(-c3nc4ccccc4n3CCCCn3c(-c4ccc5ccccc5n4)nc4ccccc43)ccc2c1. The van der Waals surface area contributed by atoms with Crippen molar-refractivity contribution in [3.05, 3.63) is 121 Å². The van der Waals surface area contributed by atoms with E-state index in [1.807, 2.05) is 36.4 Å². The minimum absolute atomic E-state index is 0.848. The van der Waals surface area contributed by atoms with Gasteiger partial charge in [0.05, 0.1) is 33.1 Å². The van der Waals surface area contributed by atoms with Crippen LogP contribution in [-0.2, 0) is 13.1 Å². The highest BCUT2D eigenvalue weighted by molar-refractivity contribution is 5.85. The number of para-hydroxylation sites is 6. The molecule has 0 bridgehead atoms. The van der Waals surface area contributed by atoms with Gasteiger partial charge in [0.25, 0.3) is 0 Å². The van der Waals surface area contributed by atoms with Crippen LogP contribution >= 0.6 is 0 Å². The number of benzene rings is 4. The van der Waals surface area contributed by atoms with Crippen molar-refractivity contribution in [1.82, 2.24) is 29.1 Å². The Kier molecular flexibility index (Phi) is 5.96. The molecule has 0 aliphatic heterocycles. The van der Waals surface area contributed by atoms with E-state index >= 15 is 0 Å². The van der Waals surface area contributed by atoms with Crippen LogP contribution in [0.25, 0.3) is 66.9 Å². The second-order valence-corrected chi connectivity index (χ2v) is 10.6. The number of nitrogens with zero attached hydrogens (tertiary/aromatic N) is 6. The summed E-state index contributed by atoms with van der Waals surface area (Å²) >= 11 is 0. The first-order valence-electron chi connectivity index (χ1n) is 14.4. The Bertz CT molecular complexity index is 2070. The number of hydrogen-bond acceptors (Lipinski definition) is 4. The number of pyridine rings is 2. The fraction of sp³-hybridized carbons (Fsp3) is 0.111. The molecule has 0 N–H and O–H groups in total. The van der Waals surface area contributed by atoms with Crippen molar-refractivity contribution in [3.8, 4) is 23.0 Å². The van der Waals surface area contributed by atoms with Crippen LogP contribution in [0.1, 0.15) is 12.8 Å². The van der Waals surface area contributed by atoms with Crippen molar-refractivity contribution in [2.24, 2.45) is 0 Å². The number of imidazole rings is 2. The molecule has 42 heavy (non-hydrogen) atoms. The lowest BCUT2D eigenvalue weighted by Crippen LogP contribution is -2.06. The molecule has 0 amide bonds. The zero-order valence-corrected chi connectivity index (χ0v) is 23.1. The summed E-state index contributed by atoms with van der Waals surface area (Å²) in [6.07, 6.45) is 1.97. The van der Waals surface area contributed by atoms with Crippen LogP contribution in [0.15, 0.2) is 121 Å². The van der Waals surface area contributed by atoms with Crippen molar-refractivity contribution < 1.29 is 0 Å². The van der Waals surface area contributed by atoms with Crippen LogP contribution in [0.4, 0.5) is 0 Å². The monoisotopic (exact) mass is 544 g/mol. The minimum atomic E-state index is 0.848. The van der Waals surface area contributed by atoms with Gasteiger partial charge in [-0.05, 0) is 61.4 Å². The van der Waals surface area contributed by atoms with Crippen molar-refractivity contribution in [2.45, 2.75) is 25.9 Å². The topological polar surface area (TPSA) is 61.4 Å². The predicted molar refractivity (Wildman–Crippen MR) is 170 cm³/mol. The zero-order valence-electron chi connectivity index (χ0n) is 23.1.